The van der Waals surface area contributed by atoms with Crippen molar-refractivity contribution in [3.8, 4) is 17.2 Å². The number of H-pyrrole nitrogens is 1. The number of hydrogen-bond acceptors (Lipinski definition) is 5. The molecule has 0 radical (unpaired) electrons. The number of amides is 1. The molecule has 0 saturated carbocycles. The third-order valence-electron chi connectivity index (χ3n) is 4.71. The first-order valence-electron chi connectivity index (χ1n) is 10.1. The molecule has 4 rings (SSSR count). The van der Waals surface area contributed by atoms with Gasteiger partial charge in [-0.05, 0) is 48.0 Å². The molecule has 4 aromatic rings. The summed E-state index contributed by atoms with van der Waals surface area (Å²) in [6.45, 7) is 0. The normalized spacial score (nSPS) is 10.5. The van der Waals surface area contributed by atoms with E-state index in [9.17, 15) is 9.59 Å². The fourth-order valence-electron chi connectivity index (χ4n) is 3.14. The number of rotatable bonds is 7. The van der Waals surface area contributed by atoms with Gasteiger partial charge in [-0.15, -0.1) is 0 Å². The quantitative estimate of drug-likeness (QED) is 0.401. The van der Waals surface area contributed by atoms with Crippen LogP contribution in [-0.4, -0.2) is 23.0 Å². The van der Waals surface area contributed by atoms with Crippen molar-refractivity contribution < 1.29 is 14.3 Å². The van der Waals surface area contributed by atoms with Crippen LogP contribution in [0.3, 0.4) is 0 Å². The van der Waals surface area contributed by atoms with Gasteiger partial charge in [0.1, 0.15) is 23.0 Å². The van der Waals surface area contributed by atoms with Crippen LogP contribution in [0.15, 0.2) is 83.7 Å². The largest absolute Gasteiger partial charge is 0.497 e. The fourth-order valence-corrected chi connectivity index (χ4v) is 3.31. The molecule has 0 aliphatic carbocycles. The molecule has 0 saturated heterocycles. The number of aromatic amines is 1. The highest BCUT2D eigenvalue weighted by Gasteiger charge is 2.15. The Labute approximate surface area is 195 Å². The number of benzene rings is 3. The molecule has 3 aromatic carbocycles. The predicted octanol–water partition coefficient (Wildman–Crippen LogP) is 5.07. The van der Waals surface area contributed by atoms with E-state index in [2.05, 4.69) is 15.3 Å². The summed E-state index contributed by atoms with van der Waals surface area (Å²) >= 11 is 6.13. The van der Waals surface area contributed by atoms with Gasteiger partial charge in [-0.2, -0.15) is 0 Å². The molecule has 166 valence electrons. The van der Waals surface area contributed by atoms with Crippen LogP contribution in [-0.2, 0) is 6.42 Å². The van der Waals surface area contributed by atoms with Crippen molar-refractivity contribution in [1.29, 1.82) is 0 Å². The molecule has 8 heteroatoms. The summed E-state index contributed by atoms with van der Waals surface area (Å²) in [5.41, 5.74) is 0.818. The van der Waals surface area contributed by atoms with Crippen LogP contribution in [0.4, 0.5) is 5.69 Å². The Hall–Kier alpha value is -4.10. The minimum absolute atomic E-state index is 0.0205. The molecule has 2 N–H and O–H groups in total. The van der Waals surface area contributed by atoms with Crippen molar-refractivity contribution in [1.82, 2.24) is 9.97 Å². The smallest absolute Gasteiger partial charge is 0.274 e. The second kappa shape index (κ2) is 10.0. The first kappa shape index (κ1) is 22.1. The molecule has 7 nitrogen and oxygen atoms in total. The summed E-state index contributed by atoms with van der Waals surface area (Å²) in [7, 11) is 1.59. The van der Waals surface area contributed by atoms with E-state index in [0.717, 1.165) is 17.4 Å². The average molecular weight is 462 g/mol. The number of halogens is 1. The van der Waals surface area contributed by atoms with Crippen molar-refractivity contribution in [3.05, 3.63) is 111 Å². The minimum Gasteiger partial charge on any atom is -0.497 e. The van der Waals surface area contributed by atoms with E-state index in [4.69, 9.17) is 21.1 Å². The molecule has 33 heavy (non-hydrogen) atoms. The predicted molar refractivity (Wildman–Crippen MR) is 127 cm³/mol. The van der Waals surface area contributed by atoms with E-state index in [1.807, 2.05) is 42.5 Å². The summed E-state index contributed by atoms with van der Waals surface area (Å²) < 4.78 is 11.0. The Morgan fingerprint density at radius 2 is 1.76 bits per heavy atom. The summed E-state index contributed by atoms with van der Waals surface area (Å²) in [6, 6.07) is 22.6. The van der Waals surface area contributed by atoms with Gasteiger partial charge >= 0.3 is 0 Å². The molecule has 0 fully saturated rings. The molecule has 0 unspecified atom stereocenters. The van der Waals surface area contributed by atoms with Crippen LogP contribution in [0.1, 0.15) is 21.9 Å². The number of para-hydroxylation sites is 1. The number of ether oxygens (including phenoxy) is 2. The summed E-state index contributed by atoms with van der Waals surface area (Å²) in [5, 5.41) is 3.16. The van der Waals surface area contributed by atoms with Crippen LogP contribution >= 0.6 is 11.6 Å². The van der Waals surface area contributed by atoms with Crippen molar-refractivity contribution >= 4 is 23.2 Å². The lowest BCUT2D eigenvalue weighted by Crippen LogP contribution is -2.20. The third-order valence-corrected chi connectivity index (χ3v) is 4.95. The molecule has 0 spiro atoms. The molecular weight excluding hydrogens is 442 g/mol. The molecule has 1 amide bonds. The number of methoxy groups -OCH3 is 1. The van der Waals surface area contributed by atoms with Crippen LogP contribution in [0.2, 0.25) is 5.02 Å². The molecule has 1 heterocycles. The standard InChI is InChI=1S/C25H20ClN3O4/c1-32-18-10-7-16(8-11-18)13-23-27-21(15-24(30)29-23)25(31)28-20-14-17(26)9-12-22(20)33-19-5-3-2-4-6-19/h2-12,14-15H,13H2,1H3,(H,28,31)(H,27,29,30). The van der Waals surface area contributed by atoms with Crippen LogP contribution in [0, 0.1) is 0 Å². The Balaban J connectivity index is 1.56. The summed E-state index contributed by atoms with van der Waals surface area (Å²) in [5.74, 6) is 1.54. The van der Waals surface area contributed by atoms with Crippen LogP contribution in [0.5, 0.6) is 17.2 Å². The monoisotopic (exact) mass is 461 g/mol. The molecular formula is C25H20ClN3O4. The second-order valence-corrected chi connectivity index (χ2v) is 7.55. The maximum Gasteiger partial charge on any atom is 0.274 e. The van der Waals surface area contributed by atoms with Crippen molar-refractivity contribution in [2.45, 2.75) is 6.42 Å². The highest BCUT2D eigenvalue weighted by molar-refractivity contribution is 6.31. The van der Waals surface area contributed by atoms with Gasteiger partial charge in [0.2, 0.25) is 0 Å². The zero-order valence-corrected chi connectivity index (χ0v) is 18.4. The van der Waals surface area contributed by atoms with Gasteiger partial charge in [0, 0.05) is 17.5 Å². The van der Waals surface area contributed by atoms with Crippen LogP contribution < -0.4 is 20.3 Å². The summed E-state index contributed by atoms with van der Waals surface area (Å²) in [6.07, 6.45) is 0.347. The Kier molecular flexibility index (Phi) is 6.71. The number of aromatic nitrogens is 2. The zero-order valence-electron chi connectivity index (χ0n) is 17.7. The van der Waals surface area contributed by atoms with E-state index in [1.54, 1.807) is 37.4 Å². The number of carbonyl (C=O) groups is 1. The molecule has 0 bridgehead atoms. The average Bonchev–Trinajstić information content (AvgIpc) is 2.81. The van der Waals surface area contributed by atoms with Gasteiger partial charge in [0.15, 0.2) is 5.75 Å². The van der Waals surface area contributed by atoms with E-state index < -0.39 is 11.5 Å². The molecule has 0 aliphatic rings. The molecule has 0 aliphatic heterocycles. The lowest BCUT2D eigenvalue weighted by atomic mass is 10.1. The third kappa shape index (κ3) is 5.78. The van der Waals surface area contributed by atoms with Gasteiger partial charge in [-0.1, -0.05) is 41.9 Å². The molecule has 0 atom stereocenters. The van der Waals surface area contributed by atoms with E-state index >= 15 is 0 Å². The molecule has 1 aromatic heterocycles. The van der Waals surface area contributed by atoms with Crippen molar-refractivity contribution in [2.75, 3.05) is 12.4 Å². The Morgan fingerprint density at radius 1 is 1.00 bits per heavy atom. The van der Waals surface area contributed by atoms with Crippen molar-refractivity contribution in [2.24, 2.45) is 0 Å². The van der Waals surface area contributed by atoms with Gasteiger partial charge in [0.05, 0.1) is 12.8 Å². The summed E-state index contributed by atoms with van der Waals surface area (Å²) in [4.78, 5) is 32.1. The maximum absolute atomic E-state index is 12.9. The first-order valence-corrected chi connectivity index (χ1v) is 10.4. The van der Waals surface area contributed by atoms with Gasteiger partial charge < -0.3 is 19.8 Å². The number of nitrogens with zero attached hydrogens (tertiary/aromatic N) is 1. The number of nitrogens with one attached hydrogen (secondary N) is 2. The first-order chi connectivity index (χ1) is 16.0. The fraction of sp³-hybridized carbons (Fsp3) is 0.0800. The van der Waals surface area contributed by atoms with Crippen molar-refractivity contribution in [3.63, 3.8) is 0 Å². The minimum atomic E-state index is -0.558. The van der Waals surface area contributed by atoms with Gasteiger partial charge in [-0.25, -0.2) is 4.98 Å². The highest BCUT2D eigenvalue weighted by atomic mass is 35.5. The maximum atomic E-state index is 12.9. The zero-order chi connectivity index (χ0) is 23.2. The Bertz CT molecular complexity index is 1320. The van der Waals surface area contributed by atoms with E-state index in [-0.39, 0.29) is 5.69 Å². The highest BCUT2D eigenvalue weighted by Crippen LogP contribution is 2.32. The number of carbonyl (C=O) groups excluding carboxylic acids is 1. The van der Waals surface area contributed by atoms with E-state index in [1.165, 1.54) is 0 Å². The lowest BCUT2D eigenvalue weighted by Gasteiger charge is -2.13. The van der Waals surface area contributed by atoms with Gasteiger partial charge in [0.25, 0.3) is 11.5 Å². The lowest BCUT2D eigenvalue weighted by molar-refractivity contribution is 0.102. The second-order valence-electron chi connectivity index (χ2n) is 7.11. The van der Waals surface area contributed by atoms with Crippen LogP contribution in [0.25, 0.3) is 0 Å². The van der Waals surface area contributed by atoms with E-state index in [0.29, 0.717) is 34.5 Å². The number of anilines is 1. The topological polar surface area (TPSA) is 93.3 Å². The number of hydrogen-bond donors (Lipinski definition) is 2. The SMILES string of the molecule is COc1ccc(Cc2nc(C(=O)Nc3cc(Cl)ccc3Oc3ccccc3)cc(=O)[nH]2)cc1. The Morgan fingerprint density at radius 3 is 2.48 bits per heavy atom. The van der Waals surface area contributed by atoms with Gasteiger partial charge in [-0.3, -0.25) is 9.59 Å².